The van der Waals surface area contributed by atoms with Crippen molar-refractivity contribution in [1.29, 1.82) is 0 Å². The third-order valence-electron chi connectivity index (χ3n) is 9.71. The minimum atomic E-state index is -1.32. The largest absolute Gasteiger partial charge is 0.345 e. The normalized spacial score (nSPS) is 37.1. The Morgan fingerprint density at radius 1 is 1.00 bits per heavy atom. The molecule has 5 rings (SSSR count). The van der Waals surface area contributed by atoms with E-state index in [0.29, 0.717) is 18.4 Å². The molecule has 0 N–H and O–H groups in total. The molecule has 2 heterocycles. The number of nitrogens with zero attached hydrogens (tertiary/aromatic N) is 1. The van der Waals surface area contributed by atoms with Crippen LogP contribution in [0.2, 0.25) is 0 Å². The summed E-state index contributed by atoms with van der Waals surface area (Å²) in [5.74, 6) is -1.86. The van der Waals surface area contributed by atoms with Crippen molar-refractivity contribution >= 4 is 17.6 Å². The molecule has 0 bridgehead atoms. The molecule has 0 unspecified atom stereocenters. The maximum Gasteiger partial charge on any atom is 0.260 e. The highest BCUT2D eigenvalue weighted by Crippen LogP contribution is 2.58. The van der Waals surface area contributed by atoms with Gasteiger partial charge in [0.25, 0.3) is 5.91 Å². The number of hydrogen-bond donors (Lipinski definition) is 0. The Labute approximate surface area is 239 Å². The lowest BCUT2D eigenvalue weighted by Crippen LogP contribution is -2.52. The number of ketones is 1. The Morgan fingerprint density at radius 3 is 2.25 bits per heavy atom. The Morgan fingerprint density at radius 2 is 1.62 bits per heavy atom. The number of rotatable bonds is 3. The zero-order valence-electron chi connectivity index (χ0n) is 25.1. The molecule has 1 aromatic carbocycles. The average Bonchev–Trinajstić information content (AvgIpc) is 3.33. The number of hydrogen-bond acceptors (Lipinski definition) is 5. The summed E-state index contributed by atoms with van der Waals surface area (Å²) >= 11 is 0. The summed E-state index contributed by atoms with van der Waals surface area (Å²) < 4.78 is 12.5. The molecule has 7 atom stereocenters. The molecule has 1 aromatic rings. The van der Waals surface area contributed by atoms with Crippen LogP contribution in [0.3, 0.4) is 0 Å². The summed E-state index contributed by atoms with van der Waals surface area (Å²) in [5.41, 5.74) is 1.47. The number of carbonyl (C=O) groups excluding carboxylic acids is 3. The van der Waals surface area contributed by atoms with Gasteiger partial charge in [0.2, 0.25) is 5.91 Å². The predicted octanol–water partition coefficient (Wildman–Crippen LogP) is 6.51. The third kappa shape index (κ3) is 4.81. The van der Waals surface area contributed by atoms with E-state index in [1.165, 1.54) is 10.5 Å². The lowest BCUT2D eigenvalue weighted by molar-refractivity contribution is -0.152. The second kappa shape index (κ2) is 10.7. The Balaban J connectivity index is 1.66. The molecule has 2 amide bonds. The van der Waals surface area contributed by atoms with Gasteiger partial charge in [0, 0.05) is 29.9 Å². The molecule has 6 nitrogen and oxygen atoms in total. The number of fused-ring (bicyclic) bond motifs is 1. The fourth-order valence-electron chi connectivity index (χ4n) is 7.91. The number of benzene rings is 1. The quantitative estimate of drug-likeness (QED) is 0.245. The van der Waals surface area contributed by atoms with Crippen LogP contribution in [0.5, 0.6) is 0 Å². The van der Waals surface area contributed by atoms with Crippen molar-refractivity contribution in [2.75, 3.05) is 0 Å². The first kappa shape index (κ1) is 28.9. The van der Waals surface area contributed by atoms with Crippen LogP contribution in [0.1, 0.15) is 90.9 Å². The number of imide groups is 1. The van der Waals surface area contributed by atoms with Crippen LogP contribution >= 0.6 is 0 Å². The topological polar surface area (TPSA) is 72.9 Å². The Bertz CT molecular complexity index is 1230. The monoisotopic (exact) mass is 547 g/mol. The lowest BCUT2D eigenvalue weighted by Gasteiger charge is -2.45. The van der Waals surface area contributed by atoms with Gasteiger partial charge >= 0.3 is 0 Å². The van der Waals surface area contributed by atoms with Crippen LogP contribution in [0.25, 0.3) is 0 Å². The molecular formula is C34H45NO5. The van der Waals surface area contributed by atoms with E-state index in [1.54, 1.807) is 12.1 Å². The minimum Gasteiger partial charge on any atom is -0.345 e. The summed E-state index contributed by atoms with van der Waals surface area (Å²) in [5, 5.41) is 0. The summed E-state index contributed by atoms with van der Waals surface area (Å²) in [7, 11) is 0. The van der Waals surface area contributed by atoms with E-state index in [1.807, 2.05) is 32.0 Å². The molecule has 2 saturated heterocycles. The van der Waals surface area contributed by atoms with Crippen molar-refractivity contribution in [3.8, 4) is 0 Å². The minimum absolute atomic E-state index is 0.0157. The van der Waals surface area contributed by atoms with Crippen molar-refractivity contribution < 1.29 is 23.9 Å². The molecule has 216 valence electrons. The maximum absolute atomic E-state index is 14.9. The van der Waals surface area contributed by atoms with E-state index >= 15 is 0 Å². The van der Waals surface area contributed by atoms with Crippen LogP contribution in [-0.4, -0.2) is 46.5 Å². The van der Waals surface area contributed by atoms with Crippen LogP contribution in [0, 0.1) is 29.1 Å². The molecule has 0 aromatic heterocycles. The second-order valence-corrected chi connectivity index (χ2v) is 13.4. The molecule has 2 fully saturated rings. The molecule has 2 aliphatic carbocycles. The average molecular weight is 548 g/mol. The van der Waals surface area contributed by atoms with Gasteiger partial charge in [-0.3, -0.25) is 19.3 Å². The van der Waals surface area contributed by atoms with Gasteiger partial charge < -0.3 is 9.47 Å². The molecular weight excluding hydrogens is 502 g/mol. The van der Waals surface area contributed by atoms with Gasteiger partial charge in [-0.15, -0.1) is 0 Å². The van der Waals surface area contributed by atoms with Crippen molar-refractivity contribution in [2.24, 2.45) is 29.1 Å². The molecule has 4 aliphatic rings. The number of likely N-dealkylation sites (tertiary alicyclic amines) is 1. The molecule has 2 aliphatic heterocycles. The first-order chi connectivity index (χ1) is 18.9. The summed E-state index contributed by atoms with van der Waals surface area (Å²) in [6, 6.07) is 8.66. The first-order valence-electron chi connectivity index (χ1n) is 15.0. The predicted molar refractivity (Wildman–Crippen MR) is 154 cm³/mol. The Kier molecular flexibility index (Phi) is 7.73. The van der Waals surface area contributed by atoms with E-state index in [-0.39, 0.29) is 60.0 Å². The lowest BCUT2D eigenvalue weighted by atomic mass is 9.54. The SMILES string of the molecule is CC1=C[C@@H]2/C=C(/C)CC[C@@H]3OC(C)(C)O[C@H]3CCC(=O)[C@]23C(=O)N(C(=O)c2ccccc2)[C@@H](CC(C)C)[C@@H]3[C@@H]1C. The highest BCUT2D eigenvalue weighted by atomic mass is 16.7. The van der Waals surface area contributed by atoms with Gasteiger partial charge in [0.1, 0.15) is 11.2 Å². The van der Waals surface area contributed by atoms with Crippen LogP contribution in [0.4, 0.5) is 0 Å². The smallest absolute Gasteiger partial charge is 0.260 e. The zero-order valence-corrected chi connectivity index (χ0v) is 25.1. The zero-order chi connectivity index (χ0) is 29.0. The van der Waals surface area contributed by atoms with Gasteiger partial charge in [-0.25, -0.2) is 0 Å². The van der Waals surface area contributed by atoms with Gasteiger partial charge in [-0.05, 0) is 77.3 Å². The van der Waals surface area contributed by atoms with Gasteiger partial charge in [-0.2, -0.15) is 0 Å². The van der Waals surface area contributed by atoms with E-state index in [0.717, 1.165) is 18.4 Å². The van der Waals surface area contributed by atoms with E-state index in [4.69, 9.17) is 9.47 Å². The third-order valence-corrected chi connectivity index (χ3v) is 9.71. The van der Waals surface area contributed by atoms with Gasteiger partial charge in [0.15, 0.2) is 5.79 Å². The summed E-state index contributed by atoms with van der Waals surface area (Å²) in [6.07, 6.45) is 6.95. The molecule has 6 heteroatoms. The summed E-state index contributed by atoms with van der Waals surface area (Å²) in [4.78, 5) is 45.2. The fraction of sp³-hybridized carbons (Fsp3) is 0.618. The van der Waals surface area contributed by atoms with Gasteiger partial charge in [-0.1, -0.05) is 62.3 Å². The van der Waals surface area contributed by atoms with E-state index in [2.05, 4.69) is 46.8 Å². The molecule has 0 saturated carbocycles. The second-order valence-electron chi connectivity index (χ2n) is 13.4. The Hall–Kier alpha value is -2.57. The highest BCUT2D eigenvalue weighted by molar-refractivity contribution is 6.17. The first-order valence-corrected chi connectivity index (χ1v) is 15.0. The number of amides is 2. The van der Waals surface area contributed by atoms with Crippen LogP contribution in [0.15, 0.2) is 53.6 Å². The molecule has 1 spiro atoms. The number of Topliss-reactive ketones (excluding diaryl/α,β-unsaturated/α-hetero) is 1. The van der Waals surface area contributed by atoms with Crippen molar-refractivity contribution in [1.82, 2.24) is 4.90 Å². The van der Waals surface area contributed by atoms with E-state index < -0.39 is 17.1 Å². The number of ether oxygens (including phenoxy) is 2. The number of carbonyl (C=O) groups is 3. The fourth-order valence-corrected chi connectivity index (χ4v) is 7.91. The number of allylic oxidation sites excluding steroid dienone is 4. The van der Waals surface area contributed by atoms with Crippen LogP contribution in [-0.2, 0) is 19.1 Å². The molecule has 0 radical (unpaired) electrons. The van der Waals surface area contributed by atoms with Crippen molar-refractivity contribution in [2.45, 2.75) is 105 Å². The van der Waals surface area contributed by atoms with Crippen molar-refractivity contribution in [3.63, 3.8) is 0 Å². The van der Waals surface area contributed by atoms with Crippen molar-refractivity contribution in [3.05, 3.63) is 59.2 Å². The van der Waals surface area contributed by atoms with Gasteiger partial charge in [0.05, 0.1) is 12.2 Å². The highest BCUT2D eigenvalue weighted by Gasteiger charge is 2.69. The molecule has 40 heavy (non-hydrogen) atoms. The van der Waals surface area contributed by atoms with E-state index in [9.17, 15) is 14.4 Å². The maximum atomic E-state index is 14.9. The standard InChI is InChI=1S/C34H45NO5/c1-20(2)17-26-30-23(5)22(4)19-25-18-21(3)13-14-27-28(40-33(6,7)39-27)15-16-29(36)34(25,30)32(38)35(26)31(37)24-11-9-8-10-12-24/h8-12,18-20,23,25-28,30H,13-17H2,1-7H3/b21-18-/t23-,25+,26+,27+,28+,30+,34-/m1/s1. The summed E-state index contributed by atoms with van der Waals surface area (Å²) in [6.45, 7) is 14.4. The van der Waals surface area contributed by atoms with Crippen LogP contribution < -0.4 is 0 Å².